The lowest BCUT2D eigenvalue weighted by molar-refractivity contribution is -0.141. The maximum absolute atomic E-state index is 12.5. The second-order valence-electron chi connectivity index (χ2n) is 5.96. The number of esters is 1. The summed E-state index contributed by atoms with van der Waals surface area (Å²) >= 11 is 0. The number of rotatable bonds is 5. The van der Waals surface area contributed by atoms with E-state index in [0.717, 1.165) is 0 Å². The van der Waals surface area contributed by atoms with Gasteiger partial charge in [0.2, 0.25) is 11.6 Å². The molecule has 0 unspecified atom stereocenters. The summed E-state index contributed by atoms with van der Waals surface area (Å²) in [4.78, 5) is 36.6. The fraction of sp³-hybridized carbons (Fsp3) is 0.389. The Kier molecular flexibility index (Phi) is 5.07. The van der Waals surface area contributed by atoms with Crippen LogP contribution in [0, 0.1) is 11.8 Å². The van der Waals surface area contributed by atoms with Crippen molar-refractivity contribution in [1.82, 2.24) is 0 Å². The van der Waals surface area contributed by atoms with Crippen LogP contribution < -0.4 is 4.74 Å². The lowest BCUT2D eigenvalue weighted by atomic mass is 9.76. The predicted molar refractivity (Wildman–Crippen MR) is 86.8 cm³/mol. The Labute approximate surface area is 140 Å². The number of allylic oxidation sites excluding steroid dienone is 1. The van der Waals surface area contributed by atoms with E-state index in [-0.39, 0.29) is 34.8 Å². The van der Waals surface area contributed by atoms with Gasteiger partial charge in [-0.15, -0.1) is 0 Å². The van der Waals surface area contributed by atoms with Gasteiger partial charge in [-0.2, -0.15) is 0 Å². The number of carbonyl (C=O) groups excluding carboxylic acids is 3. The van der Waals surface area contributed by atoms with Gasteiger partial charge in [0.25, 0.3) is 0 Å². The van der Waals surface area contributed by atoms with Crippen molar-refractivity contribution < 1.29 is 29.0 Å². The molecule has 0 saturated carbocycles. The molecule has 1 N–H and O–H groups in total. The zero-order valence-corrected chi connectivity index (χ0v) is 14.1. The number of hydrogen-bond donors (Lipinski definition) is 1. The highest BCUT2D eigenvalue weighted by atomic mass is 16.5. The van der Waals surface area contributed by atoms with E-state index in [1.165, 1.54) is 26.4 Å². The molecule has 1 aliphatic rings. The standard InChI is InChI=1S/C18H20O6/c1-9(2)12(8-14(19)24-4)15-16(20)13-7-10(23-3)5-6-11(13)17(21)18(15)22/h5-7,9,12,20H,8H2,1-4H3/t12-/m0/s1. The first kappa shape index (κ1) is 17.7. The van der Waals surface area contributed by atoms with Gasteiger partial charge in [-0.05, 0) is 24.1 Å². The third-order valence-corrected chi connectivity index (χ3v) is 4.22. The number of ether oxygens (including phenoxy) is 2. The molecule has 1 aromatic rings. The lowest BCUT2D eigenvalue weighted by Crippen LogP contribution is -2.31. The Morgan fingerprint density at radius 3 is 2.33 bits per heavy atom. The van der Waals surface area contributed by atoms with Crippen LogP contribution in [0.4, 0.5) is 0 Å². The van der Waals surface area contributed by atoms with Crippen molar-refractivity contribution in [2.75, 3.05) is 14.2 Å². The summed E-state index contributed by atoms with van der Waals surface area (Å²) in [5.74, 6) is -2.58. The van der Waals surface area contributed by atoms with Crippen molar-refractivity contribution in [2.24, 2.45) is 11.8 Å². The molecule has 6 heteroatoms. The molecule has 0 bridgehead atoms. The monoisotopic (exact) mass is 332 g/mol. The van der Waals surface area contributed by atoms with Crippen LogP contribution in [-0.2, 0) is 14.3 Å². The van der Waals surface area contributed by atoms with Gasteiger partial charge in [0.15, 0.2) is 0 Å². The van der Waals surface area contributed by atoms with Gasteiger partial charge in [-0.1, -0.05) is 13.8 Å². The van der Waals surface area contributed by atoms with Gasteiger partial charge >= 0.3 is 5.97 Å². The van der Waals surface area contributed by atoms with Crippen molar-refractivity contribution in [3.63, 3.8) is 0 Å². The molecule has 24 heavy (non-hydrogen) atoms. The molecule has 6 nitrogen and oxygen atoms in total. The van der Waals surface area contributed by atoms with Gasteiger partial charge in [-0.3, -0.25) is 14.4 Å². The summed E-state index contributed by atoms with van der Waals surface area (Å²) in [7, 11) is 2.72. The maximum Gasteiger partial charge on any atom is 0.306 e. The fourth-order valence-electron chi connectivity index (χ4n) is 2.82. The number of fused-ring (bicyclic) bond motifs is 1. The summed E-state index contributed by atoms with van der Waals surface area (Å²) in [6.07, 6.45) is -0.0914. The number of benzene rings is 1. The van der Waals surface area contributed by atoms with Gasteiger partial charge in [-0.25, -0.2) is 0 Å². The second kappa shape index (κ2) is 6.86. The van der Waals surface area contributed by atoms with Gasteiger partial charge in [0, 0.05) is 22.6 Å². The van der Waals surface area contributed by atoms with E-state index in [0.29, 0.717) is 5.75 Å². The third kappa shape index (κ3) is 3.04. The Balaban J connectivity index is 2.62. The largest absolute Gasteiger partial charge is 0.507 e. The molecule has 1 atom stereocenters. The molecule has 1 aliphatic carbocycles. The number of aliphatic hydroxyl groups excluding tert-OH is 1. The number of carbonyl (C=O) groups is 3. The number of ketones is 2. The highest BCUT2D eigenvalue weighted by Gasteiger charge is 2.39. The molecular formula is C18H20O6. The van der Waals surface area contributed by atoms with Crippen molar-refractivity contribution >= 4 is 23.3 Å². The first-order chi connectivity index (χ1) is 11.3. The smallest absolute Gasteiger partial charge is 0.306 e. The molecule has 0 aromatic heterocycles. The molecule has 0 heterocycles. The molecule has 0 amide bonds. The van der Waals surface area contributed by atoms with Crippen LogP contribution in [0.5, 0.6) is 5.75 Å². The van der Waals surface area contributed by atoms with Gasteiger partial charge in [0.1, 0.15) is 11.5 Å². The van der Waals surface area contributed by atoms with Crippen LogP contribution in [0.1, 0.15) is 36.2 Å². The molecule has 128 valence electrons. The topological polar surface area (TPSA) is 89.9 Å². The molecule has 0 spiro atoms. The zero-order valence-electron chi connectivity index (χ0n) is 14.1. The zero-order chi connectivity index (χ0) is 18.0. The summed E-state index contributed by atoms with van der Waals surface area (Å²) < 4.78 is 9.78. The first-order valence-electron chi connectivity index (χ1n) is 7.59. The molecular weight excluding hydrogens is 312 g/mol. The Morgan fingerprint density at radius 1 is 1.12 bits per heavy atom. The molecule has 0 saturated heterocycles. The highest BCUT2D eigenvalue weighted by Crippen LogP contribution is 2.37. The van der Waals surface area contributed by atoms with Crippen LogP contribution in [0.25, 0.3) is 5.76 Å². The second-order valence-corrected chi connectivity index (χ2v) is 5.96. The normalized spacial score (nSPS) is 15.4. The number of hydrogen-bond acceptors (Lipinski definition) is 6. The SMILES string of the molecule is COC(=O)C[C@H](C1=C(O)c2cc(OC)ccc2C(=O)C1=O)C(C)C. The Bertz CT molecular complexity index is 729. The van der Waals surface area contributed by atoms with Crippen LogP contribution in [-0.4, -0.2) is 36.9 Å². The minimum Gasteiger partial charge on any atom is -0.507 e. The van der Waals surface area contributed by atoms with Crippen molar-refractivity contribution in [2.45, 2.75) is 20.3 Å². The number of aliphatic hydroxyl groups is 1. The van der Waals surface area contributed by atoms with E-state index in [1.807, 2.05) is 13.8 Å². The highest BCUT2D eigenvalue weighted by molar-refractivity contribution is 6.52. The van der Waals surface area contributed by atoms with Crippen LogP contribution in [0.3, 0.4) is 0 Å². The van der Waals surface area contributed by atoms with E-state index in [2.05, 4.69) is 4.74 Å². The quantitative estimate of drug-likeness (QED) is 0.658. The third-order valence-electron chi connectivity index (χ3n) is 4.22. The van der Waals surface area contributed by atoms with E-state index in [9.17, 15) is 19.5 Å². The number of Topliss-reactive ketones (excluding diaryl/α,β-unsaturated/α-hetero) is 2. The summed E-state index contributed by atoms with van der Waals surface area (Å²) in [5.41, 5.74) is 0.327. The minimum absolute atomic E-state index is 0.0406. The summed E-state index contributed by atoms with van der Waals surface area (Å²) in [6, 6.07) is 4.51. The average molecular weight is 332 g/mol. The Morgan fingerprint density at radius 2 is 1.79 bits per heavy atom. The minimum atomic E-state index is -0.784. The Hall–Kier alpha value is -2.63. The molecule has 0 radical (unpaired) electrons. The van der Waals surface area contributed by atoms with E-state index >= 15 is 0 Å². The first-order valence-corrected chi connectivity index (χ1v) is 7.59. The maximum atomic E-state index is 12.5. The van der Waals surface area contributed by atoms with Crippen molar-refractivity contribution in [3.8, 4) is 5.75 Å². The molecule has 0 fully saturated rings. The average Bonchev–Trinajstić information content (AvgIpc) is 2.58. The van der Waals surface area contributed by atoms with Gasteiger partial charge < -0.3 is 14.6 Å². The lowest BCUT2D eigenvalue weighted by Gasteiger charge is -2.26. The van der Waals surface area contributed by atoms with Crippen molar-refractivity contribution in [3.05, 3.63) is 34.9 Å². The molecule has 0 aliphatic heterocycles. The van der Waals surface area contributed by atoms with Crippen LogP contribution in [0.2, 0.25) is 0 Å². The summed E-state index contributed by atoms with van der Waals surface area (Å²) in [6.45, 7) is 3.62. The molecule has 2 rings (SSSR count). The van der Waals surface area contributed by atoms with Gasteiger partial charge in [0.05, 0.1) is 20.6 Å². The molecule has 1 aromatic carbocycles. The van der Waals surface area contributed by atoms with E-state index in [1.54, 1.807) is 6.07 Å². The number of methoxy groups -OCH3 is 2. The van der Waals surface area contributed by atoms with Crippen molar-refractivity contribution in [1.29, 1.82) is 0 Å². The summed E-state index contributed by atoms with van der Waals surface area (Å²) in [5, 5.41) is 10.6. The van der Waals surface area contributed by atoms with Crippen LogP contribution >= 0.6 is 0 Å². The predicted octanol–water partition coefficient (Wildman–Crippen LogP) is 2.57. The van der Waals surface area contributed by atoms with E-state index < -0.39 is 23.5 Å². The fourth-order valence-corrected chi connectivity index (χ4v) is 2.82. The van der Waals surface area contributed by atoms with E-state index in [4.69, 9.17) is 4.74 Å². The van der Waals surface area contributed by atoms with Crippen LogP contribution in [0.15, 0.2) is 23.8 Å².